The van der Waals surface area contributed by atoms with Crippen LogP contribution in [0.4, 0.5) is 26.3 Å². The number of hydrogen-bond acceptors (Lipinski definition) is 6. The summed E-state index contributed by atoms with van der Waals surface area (Å²) in [7, 11) is 0. The largest absolute Gasteiger partial charge is 0.487 e. The fraction of sp³-hybridized carbons (Fsp3) is 0.152. The monoisotopic (exact) mass is 680 g/mol. The predicted octanol–water partition coefficient (Wildman–Crippen LogP) is 6.71. The van der Waals surface area contributed by atoms with Gasteiger partial charge in [0.1, 0.15) is 34.8 Å². The van der Waals surface area contributed by atoms with Gasteiger partial charge in [-0.3, -0.25) is 10.8 Å². The third-order valence-corrected chi connectivity index (χ3v) is 7.60. The maximum absolute atomic E-state index is 14.6. The number of halogens is 6. The lowest BCUT2D eigenvalue weighted by Crippen LogP contribution is -2.58. The molecule has 0 fully saturated rings. The van der Waals surface area contributed by atoms with E-state index in [9.17, 15) is 26.3 Å². The highest BCUT2D eigenvalue weighted by molar-refractivity contribution is 5.99. The van der Waals surface area contributed by atoms with E-state index in [1.165, 1.54) is 48.5 Å². The van der Waals surface area contributed by atoms with Crippen LogP contribution in [-0.4, -0.2) is 62.6 Å². The van der Waals surface area contributed by atoms with Gasteiger partial charge >= 0.3 is 17.8 Å². The minimum Gasteiger partial charge on any atom is -0.487 e. The molecule has 2 aromatic heterocycles. The van der Waals surface area contributed by atoms with Crippen molar-refractivity contribution < 1.29 is 35.8 Å². The van der Waals surface area contributed by atoms with Crippen molar-refractivity contribution in [2.24, 2.45) is 11.5 Å². The minimum atomic E-state index is -5.83. The van der Waals surface area contributed by atoms with Crippen molar-refractivity contribution in [3.05, 3.63) is 96.1 Å². The molecule has 16 heteroatoms. The summed E-state index contributed by atoms with van der Waals surface area (Å²) in [5.74, 6) is -16.4. The number of H-pyrrole nitrogens is 2. The maximum Gasteiger partial charge on any atom is 0.378 e. The molecular weight excluding hydrogens is 654 g/mol. The average Bonchev–Trinajstić information content (AvgIpc) is 3.70. The number of nitrogens with zero attached hydrogens (tertiary/aromatic N) is 2. The Kier molecular flexibility index (Phi) is 8.18. The first-order valence-corrected chi connectivity index (χ1v) is 14.4. The number of nitrogen functional groups attached to an aromatic ring is 2. The second-order valence-corrected chi connectivity index (χ2v) is 11.1. The van der Waals surface area contributed by atoms with Crippen LogP contribution in [0.2, 0.25) is 0 Å². The summed E-state index contributed by atoms with van der Waals surface area (Å²) in [4.78, 5) is 14.9. The van der Waals surface area contributed by atoms with Gasteiger partial charge in [-0.15, -0.1) is 0 Å². The lowest BCUT2D eigenvalue weighted by atomic mass is 10.1. The molecule has 2 heterocycles. The van der Waals surface area contributed by atoms with Crippen LogP contribution in [0.15, 0.2) is 84.9 Å². The van der Waals surface area contributed by atoms with E-state index >= 15 is 0 Å². The van der Waals surface area contributed by atoms with Gasteiger partial charge in [0.05, 0.1) is 22.1 Å². The molecule has 0 radical (unpaired) electrons. The van der Waals surface area contributed by atoms with Crippen LogP contribution in [0, 0.1) is 10.8 Å². The third kappa shape index (κ3) is 6.44. The highest BCUT2D eigenvalue weighted by Gasteiger charge is 2.72. The molecule has 0 bridgehead atoms. The lowest BCUT2D eigenvalue weighted by molar-refractivity contribution is -0.319. The topological polar surface area (TPSA) is 176 Å². The Hall–Kier alpha value is -6.06. The molecule has 0 aliphatic rings. The van der Waals surface area contributed by atoms with Gasteiger partial charge in [0.15, 0.2) is 13.2 Å². The Morgan fingerprint density at radius 2 is 0.959 bits per heavy atom. The molecular formula is C33H26F6N8O2. The molecule has 0 saturated carbocycles. The summed E-state index contributed by atoms with van der Waals surface area (Å²) in [5, 5.41) is 15.1. The minimum absolute atomic E-state index is 0.134. The van der Waals surface area contributed by atoms with E-state index < -0.39 is 31.0 Å². The van der Waals surface area contributed by atoms with E-state index in [0.29, 0.717) is 56.0 Å². The van der Waals surface area contributed by atoms with E-state index in [1.54, 1.807) is 36.4 Å². The van der Waals surface area contributed by atoms with E-state index in [2.05, 4.69) is 19.9 Å². The molecule has 49 heavy (non-hydrogen) atoms. The normalized spacial score (nSPS) is 12.4. The second kappa shape index (κ2) is 12.2. The van der Waals surface area contributed by atoms with E-state index in [0.717, 1.165) is 0 Å². The van der Waals surface area contributed by atoms with Crippen LogP contribution in [0.3, 0.4) is 0 Å². The first-order chi connectivity index (χ1) is 23.1. The van der Waals surface area contributed by atoms with Gasteiger partial charge < -0.3 is 30.9 Å². The van der Waals surface area contributed by atoms with E-state index in [-0.39, 0.29) is 23.2 Å². The van der Waals surface area contributed by atoms with Crippen molar-refractivity contribution in [3.63, 3.8) is 0 Å². The summed E-state index contributed by atoms with van der Waals surface area (Å²) >= 11 is 0. The zero-order valence-electron chi connectivity index (χ0n) is 25.1. The van der Waals surface area contributed by atoms with Crippen LogP contribution in [-0.2, 0) is 0 Å². The number of fused-ring (bicyclic) bond motifs is 2. The summed E-state index contributed by atoms with van der Waals surface area (Å²) < 4.78 is 97.1. The van der Waals surface area contributed by atoms with Gasteiger partial charge in [0.25, 0.3) is 0 Å². The molecule has 6 aromatic rings. The molecule has 0 atom stereocenters. The number of rotatable bonds is 12. The number of aromatic nitrogens is 4. The Balaban J connectivity index is 1.07. The Morgan fingerprint density at radius 1 is 0.592 bits per heavy atom. The quantitative estimate of drug-likeness (QED) is 0.0476. The highest BCUT2D eigenvalue weighted by Crippen LogP contribution is 2.46. The molecule has 252 valence electrons. The van der Waals surface area contributed by atoms with Crippen LogP contribution in [0.1, 0.15) is 11.1 Å². The number of ether oxygens (including phenoxy) is 2. The van der Waals surface area contributed by atoms with Crippen molar-refractivity contribution in [1.29, 1.82) is 10.8 Å². The second-order valence-electron chi connectivity index (χ2n) is 11.1. The van der Waals surface area contributed by atoms with Gasteiger partial charge in [-0.2, -0.15) is 26.3 Å². The molecule has 8 N–H and O–H groups in total. The summed E-state index contributed by atoms with van der Waals surface area (Å²) in [5.41, 5.74) is 15.2. The standard InChI is InChI=1S/C33H26F6N8O2/c34-31(35,15-48-21-7-1-17(2-8-21)29-44-23-11-5-19(27(40)41)13-25(23)46-29)33(38,39)32(36,37)16-49-22-9-3-18(4-10-22)30-45-24-12-6-20(28(42)43)14-26(24)47-30/h1-14H,15-16H2,(H3,40,41)(H3,42,43)(H,44,46)(H,45,47). The summed E-state index contributed by atoms with van der Waals surface area (Å²) in [6, 6.07) is 20.3. The first-order valence-electron chi connectivity index (χ1n) is 14.4. The van der Waals surface area contributed by atoms with Crippen LogP contribution < -0.4 is 20.9 Å². The van der Waals surface area contributed by atoms with Crippen molar-refractivity contribution in [2.45, 2.75) is 17.8 Å². The fourth-order valence-corrected chi connectivity index (χ4v) is 4.84. The first kappa shape index (κ1) is 32.9. The average molecular weight is 681 g/mol. The van der Waals surface area contributed by atoms with Crippen molar-refractivity contribution in [3.8, 4) is 34.3 Å². The SMILES string of the molecule is N=C(N)c1ccc2nc(-c3ccc(OCC(F)(F)C(F)(F)C(F)(F)COc4ccc(-c5nc6ccc(C(=N)N)cc6[nH]5)cc4)cc3)[nH]c2c1. The van der Waals surface area contributed by atoms with Crippen LogP contribution >= 0.6 is 0 Å². The van der Waals surface area contributed by atoms with Crippen LogP contribution in [0.25, 0.3) is 44.8 Å². The number of nitrogens with two attached hydrogens (primary N) is 2. The Morgan fingerprint density at radius 3 is 1.31 bits per heavy atom. The van der Waals surface area contributed by atoms with Gasteiger partial charge in [-0.25, -0.2) is 9.97 Å². The molecule has 0 unspecified atom stereocenters. The van der Waals surface area contributed by atoms with Gasteiger partial charge in [-0.05, 0) is 84.9 Å². The zero-order valence-corrected chi connectivity index (χ0v) is 25.1. The molecule has 0 saturated heterocycles. The maximum atomic E-state index is 14.6. The van der Waals surface area contributed by atoms with Crippen LogP contribution in [0.5, 0.6) is 11.5 Å². The third-order valence-electron chi connectivity index (χ3n) is 7.60. The number of alkyl halides is 6. The zero-order chi connectivity index (χ0) is 35.1. The van der Waals surface area contributed by atoms with Gasteiger partial charge in [-0.1, -0.05) is 0 Å². The summed E-state index contributed by atoms with van der Waals surface area (Å²) in [6.07, 6.45) is 0. The molecule has 4 aromatic carbocycles. The van der Waals surface area contributed by atoms with Gasteiger partial charge in [0, 0.05) is 22.3 Å². The number of amidine groups is 2. The van der Waals surface area contributed by atoms with Crippen molar-refractivity contribution in [1.82, 2.24) is 19.9 Å². The summed E-state index contributed by atoms with van der Waals surface area (Å²) in [6.45, 7) is -4.07. The van der Waals surface area contributed by atoms with E-state index in [4.69, 9.17) is 31.8 Å². The number of imidazole rings is 2. The highest BCUT2D eigenvalue weighted by atomic mass is 19.3. The van der Waals surface area contributed by atoms with Gasteiger partial charge in [0.2, 0.25) is 0 Å². The Labute approximate surface area is 273 Å². The number of nitrogens with one attached hydrogen (secondary N) is 4. The smallest absolute Gasteiger partial charge is 0.378 e. The number of aromatic amines is 2. The molecule has 0 aliphatic heterocycles. The molecule has 0 amide bonds. The molecule has 6 rings (SSSR count). The van der Waals surface area contributed by atoms with E-state index in [1.807, 2.05) is 0 Å². The van der Waals surface area contributed by atoms with Crippen molar-refractivity contribution in [2.75, 3.05) is 13.2 Å². The Bertz CT molecular complexity index is 2030. The molecule has 0 aliphatic carbocycles. The lowest BCUT2D eigenvalue weighted by Gasteiger charge is -2.32. The predicted molar refractivity (Wildman–Crippen MR) is 171 cm³/mol. The molecule has 10 nitrogen and oxygen atoms in total. The van der Waals surface area contributed by atoms with Crippen molar-refractivity contribution >= 4 is 33.7 Å². The number of benzene rings is 4. The number of hydrogen-bond donors (Lipinski definition) is 6. The molecule has 0 spiro atoms. The fourth-order valence-electron chi connectivity index (χ4n) is 4.84.